The summed E-state index contributed by atoms with van der Waals surface area (Å²) in [7, 11) is 2.15. The van der Waals surface area contributed by atoms with E-state index in [4.69, 9.17) is 4.99 Å². The maximum absolute atomic E-state index is 4.93. The molecule has 1 unspecified atom stereocenters. The predicted molar refractivity (Wildman–Crippen MR) is 106 cm³/mol. The van der Waals surface area contributed by atoms with Crippen LogP contribution in [0.2, 0.25) is 0 Å². The number of aliphatic imine (C=N–C) groups is 1. The molecule has 0 bridgehead atoms. The van der Waals surface area contributed by atoms with E-state index < -0.39 is 0 Å². The third-order valence-electron chi connectivity index (χ3n) is 4.61. The third kappa shape index (κ3) is 6.44. The number of hydrogen-bond donors (Lipinski definition) is 1. The molecule has 0 amide bonds. The van der Waals surface area contributed by atoms with Crippen molar-refractivity contribution >= 4 is 17.3 Å². The Morgan fingerprint density at radius 1 is 1.46 bits per heavy atom. The highest BCUT2D eigenvalue weighted by molar-refractivity contribution is 7.09. The van der Waals surface area contributed by atoms with Crippen molar-refractivity contribution < 1.29 is 0 Å². The first-order valence-electron chi connectivity index (χ1n) is 9.47. The third-order valence-corrected chi connectivity index (χ3v) is 5.47. The molecule has 5 heteroatoms. The molecule has 1 aliphatic heterocycles. The summed E-state index contributed by atoms with van der Waals surface area (Å²) in [4.78, 5) is 11.3. The number of nitrogens with zero attached hydrogens (tertiary/aromatic N) is 3. The minimum absolute atomic E-state index is 0.687. The second kappa shape index (κ2) is 10.7. The summed E-state index contributed by atoms with van der Waals surface area (Å²) in [5.74, 6) is 1.76. The van der Waals surface area contributed by atoms with Crippen molar-refractivity contribution in [1.82, 2.24) is 15.1 Å². The van der Waals surface area contributed by atoms with Gasteiger partial charge in [-0.2, -0.15) is 0 Å². The van der Waals surface area contributed by atoms with E-state index in [1.165, 1.54) is 43.6 Å². The van der Waals surface area contributed by atoms with Gasteiger partial charge in [0, 0.05) is 44.6 Å². The zero-order chi connectivity index (χ0) is 17.2. The number of hydrogen-bond acceptors (Lipinski definition) is 3. The fraction of sp³-hybridized carbons (Fsp3) is 0.737. The van der Waals surface area contributed by atoms with Gasteiger partial charge in [-0.15, -0.1) is 11.3 Å². The smallest absolute Gasteiger partial charge is 0.193 e. The van der Waals surface area contributed by atoms with Crippen LogP contribution in [0.15, 0.2) is 22.5 Å². The zero-order valence-corrected chi connectivity index (χ0v) is 16.4. The average Bonchev–Trinajstić information content (AvgIpc) is 3.09. The molecule has 0 spiro atoms. The monoisotopic (exact) mass is 350 g/mol. The van der Waals surface area contributed by atoms with Crippen molar-refractivity contribution in [3.8, 4) is 0 Å². The first-order valence-corrected chi connectivity index (χ1v) is 10.3. The highest BCUT2D eigenvalue weighted by Gasteiger charge is 2.20. The van der Waals surface area contributed by atoms with Gasteiger partial charge >= 0.3 is 0 Å². The Morgan fingerprint density at radius 3 is 3.04 bits per heavy atom. The van der Waals surface area contributed by atoms with Crippen LogP contribution in [0.25, 0.3) is 0 Å². The molecular weight excluding hydrogens is 316 g/mol. The van der Waals surface area contributed by atoms with E-state index in [0.717, 1.165) is 32.1 Å². The Hall–Kier alpha value is -1.07. The van der Waals surface area contributed by atoms with E-state index in [-0.39, 0.29) is 0 Å². The second-order valence-corrected chi connectivity index (χ2v) is 7.82. The standard InChI is InChI=1S/C19H34N4S/c1-4-6-11-22(3)19(20-5-2)21-14-17-9-7-12-23(15-17)16-18-10-8-13-24-18/h8,10,13,17H,4-7,9,11-12,14-16H2,1-3H3,(H,20,21). The van der Waals surface area contributed by atoms with Gasteiger partial charge in [0.05, 0.1) is 0 Å². The molecule has 0 aromatic carbocycles. The molecule has 2 heterocycles. The Bertz CT molecular complexity index is 472. The van der Waals surface area contributed by atoms with Crippen molar-refractivity contribution in [2.45, 2.75) is 46.1 Å². The molecule has 1 saturated heterocycles. The van der Waals surface area contributed by atoms with Crippen LogP contribution in [0, 0.1) is 5.92 Å². The number of rotatable bonds is 8. The van der Waals surface area contributed by atoms with Crippen LogP contribution in [0.4, 0.5) is 0 Å². The number of likely N-dealkylation sites (tertiary alicyclic amines) is 1. The minimum atomic E-state index is 0.687. The lowest BCUT2D eigenvalue weighted by molar-refractivity contribution is 0.172. The van der Waals surface area contributed by atoms with Gasteiger partial charge in [-0.05, 0) is 50.1 Å². The number of piperidine rings is 1. The van der Waals surface area contributed by atoms with Crippen LogP contribution < -0.4 is 5.32 Å². The molecule has 1 aromatic heterocycles. The molecule has 0 saturated carbocycles. The van der Waals surface area contributed by atoms with Gasteiger partial charge < -0.3 is 10.2 Å². The maximum atomic E-state index is 4.93. The lowest BCUT2D eigenvalue weighted by atomic mass is 9.98. The lowest BCUT2D eigenvalue weighted by Crippen LogP contribution is -2.40. The van der Waals surface area contributed by atoms with Crippen molar-refractivity contribution in [3.05, 3.63) is 22.4 Å². The normalized spacial score (nSPS) is 19.5. The SMILES string of the molecule is CCCCN(C)C(=NCC1CCCN(Cc2cccs2)C1)NCC. The summed E-state index contributed by atoms with van der Waals surface area (Å²) < 4.78 is 0. The number of nitrogens with one attached hydrogen (secondary N) is 1. The fourth-order valence-electron chi connectivity index (χ4n) is 3.25. The van der Waals surface area contributed by atoms with Gasteiger partial charge in [-0.25, -0.2) is 0 Å². The van der Waals surface area contributed by atoms with Crippen molar-refractivity contribution in [2.75, 3.05) is 39.8 Å². The van der Waals surface area contributed by atoms with Gasteiger partial charge in [-0.3, -0.25) is 9.89 Å². The first kappa shape index (κ1) is 19.3. The Morgan fingerprint density at radius 2 is 2.33 bits per heavy atom. The van der Waals surface area contributed by atoms with Crippen molar-refractivity contribution in [1.29, 1.82) is 0 Å². The molecular formula is C19H34N4S. The van der Waals surface area contributed by atoms with E-state index in [0.29, 0.717) is 5.92 Å². The van der Waals surface area contributed by atoms with Crippen molar-refractivity contribution in [2.24, 2.45) is 10.9 Å². The molecule has 24 heavy (non-hydrogen) atoms. The number of unbranched alkanes of at least 4 members (excludes halogenated alkanes) is 1. The zero-order valence-electron chi connectivity index (χ0n) is 15.6. The summed E-state index contributed by atoms with van der Waals surface area (Å²) in [6.07, 6.45) is 5.05. The molecule has 1 atom stereocenters. The Balaban J connectivity index is 1.85. The number of guanidine groups is 1. The van der Waals surface area contributed by atoms with Gasteiger partial charge in [0.15, 0.2) is 5.96 Å². The second-order valence-electron chi connectivity index (χ2n) is 6.79. The highest BCUT2D eigenvalue weighted by atomic mass is 32.1. The summed E-state index contributed by atoms with van der Waals surface area (Å²) in [6, 6.07) is 4.40. The molecule has 1 N–H and O–H groups in total. The van der Waals surface area contributed by atoms with Crippen LogP contribution in [-0.4, -0.2) is 55.5 Å². The van der Waals surface area contributed by atoms with E-state index >= 15 is 0 Å². The molecule has 1 fully saturated rings. The van der Waals surface area contributed by atoms with Crippen molar-refractivity contribution in [3.63, 3.8) is 0 Å². The molecule has 0 aliphatic carbocycles. The van der Waals surface area contributed by atoms with Gasteiger partial charge in [0.25, 0.3) is 0 Å². The fourth-order valence-corrected chi connectivity index (χ4v) is 4.00. The van der Waals surface area contributed by atoms with Crippen LogP contribution in [0.5, 0.6) is 0 Å². The molecule has 2 rings (SSSR count). The molecule has 1 aromatic rings. The average molecular weight is 351 g/mol. The van der Waals surface area contributed by atoms with Crippen LogP contribution in [0.3, 0.4) is 0 Å². The first-order chi connectivity index (χ1) is 11.7. The highest BCUT2D eigenvalue weighted by Crippen LogP contribution is 2.20. The summed E-state index contributed by atoms with van der Waals surface area (Å²) in [5, 5.41) is 5.62. The van der Waals surface area contributed by atoms with E-state index in [1.54, 1.807) is 0 Å². The Kier molecular flexibility index (Phi) is 8.60. The molecule has 0 radical (unpaired) electrons. The van der Waals surface area contributed by atoms with E-state index in [1.807, 2.05) is 11.3 Å². The van der Waals surface area contributed by atoms with Crippen LogP contribution >= 0.6 is 11.3 Å². The Labute approximate surface area is 152 Å². The summed E-state index contributed by atoms with van der Waals surface area (Å²) in [6.45, 7) is 10.9. The number of thiophene rings is 1. The van der Waals surface area contributed by atoms with Gasteiger partial charge in [-0.1, -0.05) is 19.4 Å². The van der Waals surface area contributed by atoms with E-state index in [2.05, 4.69) is 53.5 Å². The largest absolute Gasteiger partial charge is 0.357 e. The van der Waals surface area contributed by atoms with Crippen LogP contribution in [0.1, 0.15) is 44.4 Å². The minimum Gasteiger partial charge on any atom is -0.357 e. The van der Waals surface area contributed by atoms with Gasteiger partial charge in [0.2, 0.25) is 0 Å². The lowest BCUT2D eigenvalue weighted by Gasteiger charge is -2.32. The molecule has 1 aliphatic rings. The maximum Gasteiger partial charge on any atom is 0.193 e. The quantitative estimate of drug-likeness (QED) is 0.573. The van der Waals surface area contributed by atoms with Gasteiger partial charge in [0.1, 0.15) is 0 Å². The van der Waals surface area contributed by atoms with E-state index in [9.17, 15) is 0 Å². The predicted octanol–water partition coefficient (Wildman–Crippen LogP) is 3.66. The van der Waals surface area contributed by atoms with Crippen LogP contribution in [-0.2, 0) is 6.54 Å². The molecule has 4 nitrogen and oxygen atoms in total. The molecule has 136 valence electrons. The summed E-state index contributed by atoms with van der Waals surface area (Å²) >= 11 is 1.87. The summed E-state index contributed by atoms with van der Waals surface area (Å²) in [5.41, 5.74) is 0. The topological polar surface area (TPSA) is 30.9 Å².